The van der Waals surface area contributed by atoms with Gasteiger partial charge in [-0.2, -0.15) is 0 Å². The number of aliphatic hydroxyl groups is 2. The molecule has 5 heteroatoms. The SMILES string of the molecule is C/C=C/[C@@H]1O[C@H]([C@H](O)/C=C/C=C(\C)C[C@H](C)/C=C(C)\C=C\[C@H]2CC=CC(=O)O2)C[C@@H](O)[C@@H]1C. The number of carbonyl (C=O) groups is 1. The zero-order valence-corrected chi connectivity index (χ0v) is 20.6. The first-order valence-corrected chi connectivity index (χ1v) is 11.9. The molecule has 2 heterocycles. The summed E-state index contributed by atoms with van der Waals surface area (Å²) in [6.45, 7) is 10.2. The van der Waals surface area contributed by atoms with Crippen molar-refractivity contribution in [1.82, 2.24) is 0 Å². The molecule has 2 aliphatic heterocycles. The Morgan fingerprint density at radius 3 is 2.76 bits per heavy atom. The van der Waals surface area contributed by atoms with Crippen molar-refractivity contribution in [2.24, 2.45) is 11.8 Å². The molecule has 0 unspecified atom stereocenters. The molecule has 0 radical (unpaired) electrons. The highest BCUT2D eigenvalue weighted by atomic mass is 16.5. The topological polar surface area (TPSA) is 76.0 Å². The molecule has 182 valence electrons. The molecular weight excluding hydrogens is 416 g/mol. The largest absolute Gasteiger partial charge is 0.455 e. The lowest BCUT2D eigenvalue weighted by molar-refractivity contribution is -0.141. The lowest BCUT2D eigenvalue weighted by Crippen LogP contribution is -2.46. The third-order valence-electron chi connectivity index (χ3n) is 6.04. The number of cyclic esters (lactones) is 1. The summed E-state index contributed by atoms with van der Waals surface area (Å²) in [5.41, 5.74) is 2.33. The highest BCUT2D eigenvalue weighted by Gasteiger charge is 2.35. The van der Waals surface area contributed by atoms with Gasteiger partial charge in [-0.3, -0.25) is 0 Å². The van der Waals surface area contributed by atoms with Crippen molar-refractivity contribution in [2.45, 2.75) is 84.4 Å². The van der Waals surface area contributed by atoms with Crippen molar-refractivity contribution in [2.75, 3.05) is 0 Å². The number of hydrogen-bond acceptors (Lipinski definition) is 5. The van der Waals surface area contributed by atoms with E-state index in [0.29, 0.717) is 18.8 Å². The van der Waals surface area contributed by atoms with E-state index in [9.17, 15) is 15.0 Å². The Balaban J connectivity index is 1.85. The number of aliphatic hydroxyl groups excluding tert-OH is 2. The quantitative estimate of drug-likeness (QED) is 0.291. The van der Waals surface area contributed by atoms with Gasteiger partial charge in [-0.05, 0) is 39.2 Å². The van der Waals surface area contributed by atoms with Crippen LogP contribution in [0.1, 0.15) is 53.9 Å². The zero-order valence-electron chi connectivity index (χ0n) is 20.6. The summed E-state index contributed by atoms with van der Waals surface area (Å²) in [6, 6.07) is 0. The van der Waals surface area contributed by atoms with Gasteiger partial charge in [-0.1, -0.05) is 73.6 Å². The molecule has 1 saturated heterocycles. The number of allylic oxidation sites excluding steroid dienone is 7. The van der Waals surface area contributed by atoms with Crippen LogP contribution in [-0.4, -0.2) is 46.7 Å². The van der Waals surface area contributed by atoms with Gasteiger partial charge in [0.25, 0.3) is 0 Å². The van der Waals surface area contributed by atoms with Crippen LogP contribution in [0.2, 0.25) is 0 Å². The maximum Gasteiger partial charge on any atom is 0.331 e. The van der Waals surface area contributed by atoms with Crippen LogP contribution in [-0.2, 0) is 14.3 Å². The van der Waals surface area contributed by atoms with Crippen LogP contribution in [0.15, 0.2) is 71.9 Å². The van der Waals surface area contributed by atoms with E-state index in [2.05, 4.69) is 19.9 Å². The van der Waals surface area contributed by atoms with Gasteiger partial charge in [0.1, 0.15) is 6.10 Å². The number of esters is 1. The summed E-state index contributed by atoms with van der Waals surface area (Å²) in [5.74, 6) is 0.0688. The van der Waals surface area contributed by atoms with E-state index in [0.717, 1.165) is 12.0 Å². The normalized spacial score (nSPS) is 31.5. The zero-order chi connectivity index (χ0) is 24.4. The Hall–Kier alpha value is -2.21. The molecule has 0 aromatic carbocycles. The van der Waals surface area contributed by atoms with Crippen LogP contribution in [0.5, 0.6) is 0 Å². The molecule has 0 saturated carbocycles. The fraction of sp³-hybridized carbons (Fsp3) is 0.536. The van der Waals surface area contributed by atoms with E-state index in [1.165, 1.54) is 11.6 Å². The van der Waals surface area contributed by atoms with Crippen molar-refractivity contribution in [1.29, 1.82) is 0 Å². The molecule has 0 aromatic heterocycles. The third-order valence-corrected chi connectivity index (χ3v) is 6.04. The predicted octanol–water partition coefficient (Wildman–Crippen LogP) is 4.98. The van der Waals surface area contributed by atoms with E-state index in [4.69, 9.17) is 9.47 Å². The average molecular weight is 457 g/mol. The van der Waals surface area contributed by atoms with Gasteiger partial charge in [0, 0.05) is 24.8 Å². The highest BCUT2D eigenvalue weighted by Crippen LogP contribution is 2.28. The average Bonchev–Trinajstić information content (AvgIpc) is 2.75. The monoisotopic (exact) mass is 456 g/mol. The Bertz CT molecular complexity index is 816. The minimum Gasteiger partial charge on any atom is -0.455 e. The molecule has 2 N–H and O–H groups in total. The Kier molecular flexibility index (Phi) is 11.0. The minimum absolute atomic E-state index is 0.0122. The number of carbonyl (C=O) groups excluding carboxylic acids is 1. The summed E-state index contributed by atoms with van der Waals surface area (Å²) >= 11 is 0. The molecule has 0 aliphatic carbocycles. The van der Waals surface area contributed by atoms with Crippen LogP contribution in [0.3, 0.4) is 0 Å². The second-order valence-electron chi connectivity index (χ2n) is 9.28. The van der Waals surface area contributed by atoms with Crippen molar-refractivity contribution in [3.63, 3.8) is 0 Å². The van der Waals surface area contributed by atoms with Gasteiger partial charge in [-0.25, -0.2) is 4.79 Å². The third kappa shape index (κ3) is 9.28. The maximum absolute atomic E-state index is 11.3. The number of hydrogen-bond donors (Lipinski definition) is 2. The first kappa shape index (κ1) is 27.0. The Morgan fingerprint density at radius 1 is 1.30 bits per heavy atom. The summed E-state index contributed by atoms with van der Waals surface area (Å²) in [5, 5.41) is 20.8. The fourth-order valence-corrected chi connectivity index (χ4v) is 4.19. The second kappa shape index (κ2) is 13.5. The standard InChI is InChI=1S/C28H40O5/c1-6-9-26-22(5)25(30)18-27(33-26)24(29)12-7-10-19(2)16-21(4)17-20(3)14-15-23-11-8-13-28(31)32-23/h6-10,12-15,17,21-27,29-30H,11,16,18H2,1-5H3/b9-6+,12-7+,15-14+,19-10+,20-17-/t21-,22-,23+,24+,25+,26-,27-/m0/s1. The smallest absolute Gasteiger partial charge is 0.331 e. The summed E-state index contributed by atoms with van der Waals surface area (Å²) < 4.78 is 11.2. The molecule has 0 aromatic rings. The second-order valence-corrected chi connectivity index (χ2v) is 9.28. The molecule has 2 rings (SSSR count). The first-order valence-electron chi connectivity index (χ1n) is 11.9. The lowest BCUT2D eigenvalue weighted by Gasteiger charge is -2.38. The van der Waals surface area contributed by atoms with Gasteiger partial charge in [0.2, 0.25) is 0 Å². The van der Waals surface area contributed by atoms with E-state index in [1.807, 2.05) is 63.3 Å². The van der Waals surface area contributed by atoms with Gasteiger partial charge in [-0.15, -0.1) is 0 Å². The van der Waals surface area contributed by atoms with E-state index in [-0.39, 0.29) is 24.1 Å². The number of ether oxygens (including phenoxy) is 2. The lowest BCUT2D eigenvalue weighted by atomic mass is 9.88. The van der Waals surface area contributed by atoms with Crippen LogP contribution in [0, 0.1) is 11.8 Å². The molecule has 7 atom stereocenters. The Labute approximate surface area is 198 Å². The predicted molar refractivity (Wildman–Crippen MR) is 132 cm³/mol. The van der Waals surface area contributed by atoms with Gasteiger partial charge < -0.3 is 19.7 Å². The van der Waals surface area contributed by atoms with Crippen molar-refractivity contribution < 1.29 is 24.5 Å². The minimum atomic E-state index is -0.766. The van der Waals surface area contributed by atoms with Crippen LogP contribution < -0.4 is 0 Å². The van der Waals surface area contributed by atoms with E-state index >= 15 is 0 Å². The van der Waals surface area contributed by atoms with E-state index < -0.39 is 18.3 Å². The molecule has 0 bridgehead atoms. The molecule has 33 heavy (non-hydrogen) atoms. The molecule has 0 spiro atoms. The number of rotatable bonds is 9. The summed E-state index contributed by atoms with van der Waals surface area (Å²) in [6.07, 6.45) is 18.9. The van der Waals surface area contributed by atoms with Gasteiger partial charge >= 0.3 is 5.97 Å². The molecule has 1 fully saturated rings. The molecular formula is C28H40O5. The van der Waals surface area contributed by atoms with Crippen molar-refractivity contribution >= 4 is 5.97 Å². The van der Waals surface area contributed by atoms with Crippen LogP contribution in [0.4, 0.5) is 0 Å². The van der Waals surface area contributed by atoms with Crippen molar-refractivity contribution in [3.05, 3.63) is 71.9 Å². The fourth-order valence-electron chi connectivity index (χ4n) is 4.19. The molecule has 0 amide bonds. The maximum atomic E-state index is 11.3. The van der Waals surface area contributed by atoms with Gasteiger partial charge in [0.05, 0.1) is 24.4 Å². The molecule has 5 nitrogen and oxygen atoms in total. The van der Waals surface area contributed by atoms with Gasteiger partial charge in [0.15, 0.2) is 0 Å². The van der Waals surface area contributed by atoms with Crippen molar-refractivity contribution in [3.8, 4) is 0 Å². The Morgan fingerprint density at radius 2 is 2.06 bits per heavy atom. The summed E-state index contributed by atoms with van der Waals surface area (Å²) in [7, 11) is 0. The first-order chi connectivity index (χ1) is 15.7. The van der Waals surface area contributed by atoms with Crippen LogP contribution in [0.25, 0.3) is 0 Å². The highest BCUT2D eigenvalue weighted by molar-refractivity contribution is 5.82. The van der Waals surface area contributed by atoms with E-state index in [1.54, 1.807) is 6.08 Å². The summed E-state index contributed by atoms with van der Waals surface area (Å²) in [4.78, 5) is 11.3. The van der Waals surface area contributed by atoms with Crippen LogP contribution >= 0.6 is 0 Å². The molecule has 2 aliphatic rings.